The molecule has 0 spiro atoms. The number of nitrogens with zero attached hydrogens (tertiary/aromatic N) is 1. The van der Waals surface area contributed by atoms with Crippen LogP contribution in [0.15, 0.2) is 48.5 Å². The van der Waals surface area contributed by atoms with Crippen LogP contribution >= 0.6 is 0 Å². The molecule has 0 N–H and O–H groups in total. The summed E-state index contributed by atoms with van der Waals surface area (Å²) >= 11 is 0. The van der Waals surface area contributed by atoms with E-state index in [0.717, 1.165) is 27.5 Å². The molecule has 2 amide bonds. The van der Waals surface area contributed by atoms with E-state index in [9.17, 15) is 14.4 Å². The predicted octanol–water partition coefficient (Wildman–Crippen LogP) is 4.39. The van der Waals surface area contributed by atoms with E-state index in [1.54, 1.807) is 24.3 Å². The Morgan fingerprint density at radius 1 is 0.815 bits per heavy atom. The Labute approximate surface area is 157 Å². The van der Waals surface area contributed by atoms with Gasteiger partial charge in [-0.05, 0) is 60.4 Å². The quantitative estimate of drug-likeness (QED) is 0.653. The van der Waals surface area contributed by atoms with Gasteiger partial charge in [-0.1, -0.05) is 36.4 Å². The Morgan fingerprint density at radius 2 is 1.30 bits per heavy atom. The lowest BCUT2D eigenvalue weighted by molar-refractivity contribution is -0.116. The van der Waals surface area contributed by atoms with Crippen molar-refractivity contribution in [1.82, 2.24) is 0 Å². The van der Waals surface area contributed by atoms with E-state index >= 15 is 0 Å². The molecule has 0 bridgehead atoms. The van der Waals surface area contributed by atoms with Crippen molar-refractivity contribution in [3.8, 4) is 0 Å². The number of imide groups is 1. The molecule has 1 heterocycles. The molecule has 3 aromatic carbocycles. The molecule has 0 aliphatic carbocycles. The first-order valence-electron chi connectivity index (χ1n) is 8.89. The lowest BCUT2D eigenvalue weighted by Gasteiger charge is -2.14. The standard InChI is InChI=1S/C23H19NO3/c1-13(25)12-16-8-10-17(11-9-16)24-22(26)20-14(2)18-6-4-5-7-19(18)15(3)21(20)23(24)27/h4-11H,12H2,1-3H3. The number of rotatable bonds is 3. The van der Waals surface area contributed by atoms with Gasteiger partial charge < -0.3 is 0 Å². The molecular weight excluding hydrogens is 338 g/mol. The normalized spacial score (nSPS) is 13.4. The topological polar surface area (TPSA) is 54.5 Å². The van der Waals surface area contributed by atoms with E-state index in [1.165, 1.54) is 11.8 Å². The van der Waals surface area contributed by atoms with Crippen LogP contribution in [-0.2, 0) is 11.2 Å². The average molecular weight is 357 g/mol. The van der Waals surface area contributed by atoms with E-state index in [2.05, 4.69) is 0 Å². The minimum atomic E-state index is -0.291. The Balaban J connectivity index is 1.84. The SMILES string of the molecule is CC(=O)Cc1ccc(N2C(=O)c3c(c(C)c4ccccc4c3C)C2=O)cc1. The van der Waals surface area contributed by atoms with Crippen LogP contribution in [-0.4, -0.2) is 17.6 Å². The molecule has 4 rings (SSSR count). The second kappa shape index (κ2) is 6.16. The highest BCUT2D eigenvalue weighted by Crippen LogP contribution is 2.37. The van der Waals surface area contributed by atoms with Crippen molar-refractivity contribution in [3.63, 3.8) is 0 Å². The van der Waals surface area contributed by atoms with Crippen molar-refractivity contribution in [3.05, 3.63) is 76.3 Å². The predicted molar refractivity (Wildman–Crippen MR) is 105 cm³/mol. The molecule has 0 radical (unpaired) electrons. The highest BCUT2D eigenvalue weighted by Gasteiger charge is 2.40. The van der Waals surface area contributed by atoms with Crippen LogP contribution in [0.1, 0.15) is 44.3 Å². The molecule has 4 heteroatoms. The molecule has 0 fully saturated rings. The largest absolute Gasteiger partial charge is 0.300 e. The van der Waals surface area contributed by atoms with Gasteiger partial charge in [0.05, 0.1) is 16.8 Å². The summed E-state index contributed by atoms with van der Waals surface area (Å²) in [5.41, 5.74) is 4.03. The number of carbonyl (C=O) groups excluding carboxylic acids is 3. The smallest absolute Gasteiger partial charge is 0.266 e. The highest BCUT2D eigenvalue weighted by atomic mass is 16.2. The molecule has 27 heavy (non-hydrogen) atoms. The van der Waals surface area contributed by atoms with Crippen LogP contribution in [0.2, 0.25) is 0 Å². The Morgan fingerprint density at radius 3 is 1.74 bits per heavy atom. The first-order chi connectivity index (χ1) is 12.9. The van der Waals surface area contributed by atoms with Gasteiger partial charge >= 0.3 is 0 Å². The van der Waals surface area contributed by atoms with Crippen LogP contribution < -0.4 is 4.90 Å². The minimum Gasteiger partial charge on any atom is -0.300 e. The summed E-state index contributed by atoms with van der Waals surface area (Å²) in [5, 5.41) is 1.99. The van der Waals surface area contributed by atoms with Crippen LogP contribution in [0, 0.1) is 13.8 Å². The van der Waals surface area contributed by atoms with E-state index in [1.807, 2.05) is 38.1 Å². The number of ketones is 1. The van der Waals surface area contributed by atoms with E-state index < -0.39 is 0 Å². The Kier molecular flexibility index (Phi) is 3.92. The number of aryl methyl sites for hydroxylation is 2. The summed E-state index contributed by atoms with van der Waals surface area (Å²) in [6, 6.07) is 14.9. The van der Waals surface area contributed by atoms with Crippen LogP contribution in [0.3, 0.4) is 0 Å². The number of anilines is 1. The number of benzene rings is 3. The van der Waals surface area contributed by atoms with Gasteiger partial charge in [0.25, 0.3) is 11.8 Å². The Hall–Kier alpha value is -3.27. The zero-order valence-corrected chi connectivity index (χ0v) is 15.5. The zero-order chi connectivity index (χ0) is 19.3. The van der Waals surface area contributed by atoms with Crippen LogP contribution in [0.4, 0.5) is 5.69 Å². The average Bonchev–Trinajstić information content (AvgIpc) is 2.91. The number of hydrogen-bond acceptors (Lipinski definition) is 3. The summed E-state index contributed by atoms with van der Waals surface area (Å²) in [6.07, 6.45) is 0.339. The number of carbonyl (C=O) groups is 3. The molecule has 1 aliphatic heterocycles. The summed E-state index contributed by atoms with van der Waals surface area (Å²) in [7, 11) is 0. The van der Waals surface area contributed by atoms with Gasteiger partial charge in [0.1, 0.15) is 5.78 Å². The van der Waals surface area contributed by atoms with Crippen LogP contribution in [0.5, 0.6) is 0 Å². The van der Waals surface area contributed by atoms with Crippen molar-refractivity contribution in [2.24, 2.45) is 0 Å². The van der Waals surface area contributed by atoms with Gasteiger partial charge in [-0.15, -0.1) is 0 Å². The maximum atomic E-state index is 13.1. The summed E-state index contributed by atoms with van der Waals surface area (Å²) in [6.45, 7) is 5.32. The third-order valence-corrected chi connectivity index (χ3v) is 5.22. The van der Waals surface area contributed by atoms with Gasteiger partial charge in [-0.2, -0.15) is 0 Å². The molecule has 4 nitrogen and oxygen atoms in total. The fourth-order valence-corrected chi connectivity index (χ4v) is 3.92. The molecule has 0 saturated carbocycles. The number of fused-ring (bicyclic) bond motifs is 2. The maximum Gasteiger partial charge on any atom is 0.266 e. The fourth-order valence-electron chi connectivity index (χ4n) is 3.92. The number of Topliss-reactive ketones (excluding diaryl/α,β-unsaturated/α-hetero) is 1. The van der Waals surface area contributed by atoms with Crippen molar-refractivity contribution in [2.75, 3.05) is 4.90 Å². The third-order valence-electron chi connectivity index (χ3n) is 5.22. The first kappa shape index (κ1) is 17.2. The summed E-state index contributed by atoms with van der Waals surface area (Å²) in [5.74, 6) is -0.511. The highest BCUT2D eigenvalue weighted by molar-refractivity contribution is 6.36. The van der Waals surface area contributed by atoms with Crippen molar-refractivity contribution < 1.29 is 14.4 Å². The molecule has 0 aromatic heterocycles. The molecular formula is C23H19NO3. The molecule has 0 atom stereocenters. The van der Waals surface area contributed by atoms with E-state index in [0.29, 0.717) is 23.2 Å². The maximum absolute atomic E-state index is 13.1. The summed E-state index contributed by atoms with van der Waals surface area (Å²) < 4.78 is 0. The number of hydrogen-bond donors (Lipinski definition) is 0. The van der Waals surface area contributed by atoms with Gasteiger partial charge in [-0.25, -0.2) is 4.90 Å². The van der Waals surface area contributed by atoms with Crippen LogP contribution in [0.25, 0.3) is 10.8 Å². The number of amides is 2. The molecule has 0 unspecified atom stereocenters. The Bertz CT molecular complexity index is 1070. The lowest BCUT2D eigenvalue weighted by atomic mass is 9.91. The minimum absolute atomic E-state index is 0.0708. The van der Waals surface area contributed by atoms with Crippen molar-refractivity contribution >= 4 is 34.1 Å². The fraction of sp³-hybridized carbons (Fsp3) is 0.174. The second-order valence-electron chi connectivity index (χ2n) is 7.04. The van der Waals surface area contributed by atoms with Gasteiger partial charge in [0.15, 0.2) is 0 Å². The monoisotopic (exact) mass is 357 g/mol. The summed E-state index contributed by atoms with van der Waals surface area (Å²) in [4.78, 5) is 38.8. The molecule has 3 aromatic rings. The zero-order valence-electron chi connectivity index (χ0n) is 15.5. The molecule has 0 saturated heterocycles. The molecule has 1 aliphatic rings. The molecule has 134 valence electrons. The van der Waals surface area contributed by atoms with E-state index in [4.69, 9.17) is 0 Å². The van der Waals surface area contributed by atoms with Gasteiger partial charge in [0.2, 0.25) is 0 Å². The van der Waals surface area contributed by atoms with E-state index in [-0.39, 0.29) is 17.6 Å². The second-order valence-corrected chi connectivity index (χ2v) is 7.04. The van der Waals surface area contributed by atoms with Crippen molar-refractivity contribution in [1.29, 1.82) is 0 Å². The first-order valence-corrected chi connectivity index (χ1v) is 8.89. The van der Waals surface area contributed by atoms with Crippen molar-refractivity contribution in [2.45, 2.75) is 27.2 Å². The third kappa shape index (κ3) is 2.56. The van der Waals surface area contributed by atoms with Gasteiger partial charge in [-0.3, -0.25) is 14.4 Å². The van der Waals surface area contributed by atoms with Gasteiger partial charge in [0, 0.05) is 6.42 Å². The lowest BCUT2D eigenvalue weighted by Crippen LogP contribution is -2.29.